The third-order valence-corrected chi connectivity index (χ3v) is 14.5. The van der Waals surface area contributed by atoms with Gasteiger partial charge in [0.25, 0.3) is 0 Å². The summed E-state index contributed by atoms with van der Waals surface area (Å²) in [5.41, 5.74) is 0. The van der Waals surface area contributed by atoms with Crippen molar-refractivity contribution in [2.24, 2.45) is 0 Å². The lowest BCUT2D eigenvalue weighted by atomic mass is 10.5. The Morgan fingerprint density at radius 1 is 1.00 bits per heavy atom. The van der Waals surface area contributed by atoms with Crippen LogP contribution in [0.4, 0.5) is 0 Å². The summed E-state index contributed by atoms with van der Waals surface area (Å²) in [4.78, 5) is 0. The summed E-state index contributed by atoms with van der Waals surface area (Å²) in [7, 11) is -1.33. The Hall–Kier alpha value is 0.434. The van der Waals surface area contributed by atoms with Crippen LogP contribution in [0.5, 0.6) is 0 Å². The highest BCUT2D eigenvalue weighted by Crippen LogP contribution is 2.39. The van der Waals surface area contributed by atoms with Gasteiger partial charge in [0.2, 0.25) is 0 Å². The van der Waals surface area contributed by atoms with Crippen molar-refractivity contribution in [1.82, 2.24) is 0 Å². The summed E-state index contributed by atoms with van der Waals surface area (Å²) in [5, 5.41) is 0. The SMILES string of the molecule is C[SiH](C)C(C)(C)[Si](C)(C)C. The molecular formula is C8H22Si2. The smallest absolute Gasteiger partial charge is 0.0470 e. The molecule has 0 bridgehead atoms. The minimum Gasteiger partial charge on any atom is -0.0720 e. The minimum atomic E-state index is -0.886. The van der Waals surface area contributed by atoms with Crippen LogP contribution in [0.25, 0.3) is 0 Å². The van der Waals surface area contributed by atoms with Crippen molar-refractivity contribution in [3.63, 3.8) is 0 Å². The number of hydrogen-bond acceptors (Lipinski definition) is 0. The fraction of sp³-hybridized carbons (Fsp3) is 1.00. The second kappa shape index (κ2) is 2.82. The van der Waals surface area contributed by atoms with Gasteiger partial charge in [-0.3, -0.25) is 0 Å². The summed E-state index contributed by atoms with van der Waals surface area (Å²) < 4.78 is 0.715. The van der Waals surface area contributed by atoms with Crippen molar-refractivity contribution >= 4 is 16.9 Å². The molecule has 0 saturated heterocycles. The van der Waals surface area contributed by atoms with Gasteiger partial charge in [-0.25, -0.2) is 0 Å². The quantitative estimate of drug-likeness (QED) is 0.564. The second-order valence-electron chi connectivity index (χ2n) is 5.13. The molecule has 0 aliphatic rings. The molecule has 0 aromatic rings. The van der Waals surface area contributed by atoms with E-state index < -0.39 is 16.9 Å². The van der Waals surface area contributed by atoms with Crippen molar-refractivity contribution in [2.75, 3.05) is 0 Å². The van der Waals surface area contributed by atoms with Gasteiger partial charge in [0.1, 0.15) is 0 Å². The Balaban J connectivity index is 4.40. The topological polar surface area (TPSA) is 0 Å². The molecule has 2 heteroatoms. The van der Waals surface area contributed by atoms with Crippen LogP contribution in [0, 0.1) is 0 Å². The lowest BCUT2D eigenvalue weighted by Gasteiger charge is -2.40. The van der Waals surface area contributed by atoms with Crippen LogP contribution >= 0.6 is 0 Å². The van der Waals surface area contributed by atoms with Crippen LogP contribution in [0.1, 0.15) is 13.8 Å². The van der Waals surface area contributed by atoms with Crippen LogP contribution in [-0.4, -0.2) is 16.9 Å². The molecule has 0 fully saturated rings. The van der Waals surface area contributed by atoms with Gasteiger partial charge in [0.05, 0.1) is 0 Å². The van der Waals surface area contributed by atoms with E-state index in [0.29, 0.717) is 4.66 Å². The lowest BCUT2D eigenvalue weighted by molar-refractivity contribution is 0.883. The molecule has 0 amide bonds. The van der Waals surface area contributed by atoms with E-state index in [-0.39, 0.29) is 0 Å². The number of hydrogen-bond donors (Lipinski definition) is 0. The maximum absolute atomic E-state index is 2.49. The lowest BCUT2D eigenvalue weighted by Crippen LogP contribution is -2.43. The Labute approximate surface area is 68.7 Å². The van der Waals surface area contributed by atoms with Crippen LogP contribution in [0.3, 0.4) is 0 Å². The maximum atomic E-state index is 2.49. The molecule has 10 heavy (non-hydrogen) atoms. The largest absolute Gasteiger partial charge is 0.0720 e. The van der Waals surface area contributed by atoms with Crippen molar-refractivity contribution in [1.29, 1.82) is 0 Å². The predicted molar refractivity (Wildman–Crippen MR) is 56.3 cm³/mol. The van der Waals surface area contributed by atoms with Crippen molar-refractivity contribution in [3.05, 3.63) is 0 Å². The maximum Gasteiger partial charge on any atom is 0.0470 e. The van der Waals surface area contributed by atoms with E-state index in [0.717, 1.165) is 0 Å². The second-order valence-corrected chi connectivity index (χ2v) is 15.2. The molecule has 0 unspecified atom stereocenters. The Morgan fingerprint density at radius 3 is 1.30 bits per heavy atom. The van der Waals surface area contributed by atoms with Gasteiger partial charge in [-0.15, -0.1) is 0 Å². The minimum absolute atomic E-state index is 0.443. The molecule has 0 nitrogen and oxygen atoms in total. The van der Waals surface area contributed by atoms with E-state index in [4.69, 9.17) is 0 Å². The van der Waals surface area contributed by atoms with Gasteiger partial charge in [0.15, 0.2) is 0 Å². The van der Waals surface area contributed by atoms with Gasteiger partial charge in [-0.2, -0.15) is 0 Å². The zero-order chi connectivity index (χ0) is 8.58. The fourth-order valence-corrected chi connectivity index (χ4v) is 7.79. The summed E-state index contributed by atoms with van der Waals surface area (Å²) in [5.74, 6) is 0. The molecule has 0 atom stereocenters. The first-order valence-corrected chi connectivity index (χ1v) is 10.6. The summed E-state index contributed by atoms with van der Waals surface area (Å²) in [6, 6.07) is 0. The molecule has 0 aromatic heterocycles. The van der Waals surface area contributed by atoms with E-state index in [1.165, 1.54) is 0 Å². The summed E-state index contributed by atoms with van der Waals surface area (Å²) in [6.07, 6.45) is 0. The van der Waals surface area contributed by atoms with Crippen LogP contribution in [0.15, 0.2) is 0 Å². The Kier molecular flexibility index (Phi) is 2.94. The van der Waals surface area contributed by atoms with Crippen LogP contribution in [0.2, 0.25) is 37.4 Å². The first-order valence-electron chi connectivity index (χ1n) is 4.19. The van der Waals surface area contributed by atoms with Crippen molar-refractivity contribution in [3.8, 4) is 0 Å². The predicted octanol–water partition coefficient (Wildman–Crippen LogP) is 3.13. The Bertz CT molecular complexity index is 109. The van der Waals surface area contributed by atoms with Gasteiger partial charge in [0, 0.05) is 16.9 Å². The van der Waals surface area contributed by atoms with Crippen molar-refractivity contribution in [2.45, 2.75) is 51.2 Å². The molecule has 0 aliphatic carbocycles. The third-order valence-electron chi connectivity index (χ3n) is 3.38. The molecular weight excluding hydrogens is 152 g/mol. The fourth-order valence-electron chi connectivity index (χ4n) is 0.866. The van der Waals surface area contributed by atoms with Crippen LogP contribution in [-0.2, 0) is 0 Å². The molecule has 0 rings (SSSR count). The van der Waals surface area contributed by atoms with E-state index in [1.54, 1.807) is 0 Å². The first-order chi connectivity index (χ1) is 4.19. The van der Waals surface area contributed by atoms with Crippen LogP contribution < -0.4 is 0 Å². The highest BCUT2D eigenvalue weighted by molar-refractivity contribution is 6.91. The first kappa shape index (κ1) is 10.4. The zero-order valence-electron chi connectivity index (χ0n) is 8.58. The van der Waals surface area contributed by atoms with E-state index in [1.807, 2.05) is 0 Å². The molecule has 0 saturated carbocycles. The molecule has 0 N–H and O–H groups in total. The normalized spacial score (nSPS) is 14.4. The molecule has 62 valence electrons. The summed E-state index contributed by atoms with van der Waals surface area (Å²) >= 11 is 0. The van der Waals surface area contributed by atoms with Gasteiger partial charge in [-0.1, -0.05) is 46.6 Å². The van der Waals surface area contributed by atoms with E-state index >= 15 is 0 Å². The highest BCUT2D eigenvalue weighted by atomic mass is 28.4. The average Bonchev–Trinajstić information content (AvgIpc) is 1.62. The molecule has 0 heterocycles. The molecule has 0 aromatic carbocycles. The molecule has 0 aliphatic heterocycles. The standard InChI is InChI=1S/C8H22Si2/c1-8(2,9(3)4)10(5,6)7/h9H,1-7H3. The third kappa shape index (κ3) is 1.96. The average molecular weight is 174 g/mol. The summed E-state index contributed by atoms with van der Waals surface area (Å²) in [6.45, 7) is 17.3. The number of rotatable bonds is 2. The van der Waals surface area contributed by atoms with Gasteiger partial charge < -0.3 is 0 Å². The molecule has 0 radical (unpaired) electrons. The van der Waals surface area contributed by atoms with Crippen molar-refractivity contribution < 1.29 is 0 Å². The zero-order valence-corrected chi connectivity index (χ0v) is 10.7. The Morgan fingerprint density at radius 2 is 1.30 bits per heavy atom. The monoisotopic (exact) mass is 174 g/mol. The van der Waals surface area contributed by atoms with Gasteiger partial charge in [-0.05, 0) is 4.66 Å². The van der Waals surface area contributed by atoms with Gasteiger partial charge >= 0.3 is 0 Å². The van der Waals surface area contributed by atoms with E-state index in [2.05, 4.69) is 46.6 Å². The highest BCUT2D eigenvalue weighted by Gasteiger charge is 2.37. The van der Waals surface area contributed by atoms with E-state index in [9.17, 15) is 0 Å². The molecule has 0 spiro atoms.